The normalized spacial score (nSPS) is 24.6. The van der Waals surface area contributed by atoms with Gasteiger partial charge in [-0.15, -0.1) is 0 Å². The van der Waals surface area contributed by atoms with E-state index in [9.17, 15) is 24.3 Å². The molecular weight excluding hydrogens is 333 g/mol. The number of rotatable bonds is 4. The highest BCUT2D eigenvalue weighted by Gasteiger charge is 2.35. The smallest absolute Gasteiger partial charge is 0.414 e. The van der Waals surface area contributed by atoms with Gasteiger partial charge < -0.3 is 25.0 Å². The Balaban J connectivity index is 1.70. The topological polar surface area (TPSA) is 97.6 Å². The van der Waals surface area contributed by atoms with Gasteiger partial charge in [-0.05, 0) is 24.6 Å². The molecule has 2 aliphatic heterocycles. The number of hydroxylamine groups is 2. The van der Waals surface area contributed by atoms with E-state index in [2.05, 4.69) is 0 Å². The van der Waals surface area contributed by atoms with E-state index in [0.29, 0.717) is 30.9 Å². The minimum absolute atomic E-state index is 0.0824. The Bertz CT molecular complexity index is 686. The van der Waals surface area contributed by atoms with Crippen LogP contribution in [0.5, 0.6) is 0 Å². The molecule has 25 heavy (non-hydrogen) atoms. The first-order chi connectivity index (χ1) is 11.8. The number of halogens is 1. The lowest BCUT2D eigenvalue weighted by Gasteiger charge is -2.21. The maximum atomic E-state index is 14.4. The van der Waals surface area contributed by atoms with Gasteiger partial charge in [0.25, 0.3) is 0 Å². The minimum atomic E-state index is -0.722. The summed E-state index contributed by atoms with van der Waals surface area (Å²) in [5, 5.41) is 20.4. The van der Waals surface area contributed by atoms with E-state index in [1.54, 1.807) is 17.0 Å². The molecule has 0 saturated carbocycles. The van der Waals surface area contributed by atoms with Crippen LogP contribution in [0.2, 0.25) is 0 Å². The van der Waals surface area contributed by atoms with E-state index in [1.165, 1.54) is 17.9 Å². The van der Waals surface area contributed by atoms with E-state index in [0.717, 1.165) is 0 Å². The number of benzene rings is 1. The summed E-state index contributed by atoms with van der Waals surface area (Å²) in [4.78, 5) is 26.0. The number of cyclic esters (lactones) is 1. The van der Waals surface area contributed by atoms with Crippen molar-refractivity contribution >= 4 is 23.4 Å². The van der Waals surface area contributed by atoms with E-state index in [-0.39, 0.29) is 13.1 Å². The van der Waals surface area contributed by atoms with Gasteiger partial charge in [0, 0.05) is 13.1 Å². The van der Waals surface area contributed by atoms with Crippen molar-refractivity contribution in [3.63, 3.8) is 0 Å². The summed E-state index contributed by atoms with van der Waals surface area (Å²) in [7, 11) is 0. The van der Waals surface area contributed by atoms with Gasteiger partial charge in [-0.25, -0.2) is 14.0 Å². The summed E-state index contributed by atoms with van der Waals surface area (Å²) >= 11 is 0. The number of nitrogens with one attached hydrogen (secondary N) is 1. The van der Waals surface area contributed by atoms with Crippen LogP contribution in [-0.2, 0) is 9.53 Å². The van der Waals surface area contributed by atoms with E-state index < -0.39 is 35.1 Å². The molecule has 0 radical (unpaired) electrons. The van der Waals surface area contributed by atoms with Gasteiger partial charge in [-0.3, -0.25) is 4.90 Å². The van der Waals surface area contributed by atoms with Crippen molar-refractivity contribution in [1.82, 2.24) is 0 Å². The molecule has 2 aliphatic rings. The fourth-order valence-electron chi connectivity index (χ4n) is 3.07. The summed E-state index contributed by atoms with van der Waals surface area (Å²) in [6.45, 7) is 2.01. The monoisotopic (exact) mass is 353 g/mol. The van der Waals surface area contributed by atoms with Crippen molar-refractivity contribution in [3.05, 3.63) is 29.2 Å². The van der Waals surface area contributed by atoms with E-state index in [4.69, 9.17) is 4.74 Å². The second kappa shape index (κ2) is 6.95. The molecule has 0 aliphatic carbocycles. The lowest BCUT2D eigenvalue weighted by molar-refractivity contribution is -0.768. The number of hydrogen-bond acceptors (Lipinski definition) is 6. The van der Waals surface area contributed by atoms with Gasteiger partial charge >= 0.3 is 12.0 Å². The maximum Gasteiger partial charge on any atom is 0.414 e. The molecule has 3 atom stereocenters. The number of quaternary nitrogens is 1. The van der Waals surface area contributed by atoms with Crippen LogP contribution in [-0.4, -0.2) is 55.5 Å². The molecule has 2 saturated heterocycles. The molecule has 3 rings (SSSR count). The summed E-state index contributed by atoms with van der Waals surface area (Å²) < 4.78 is 19.5. The van der Waals surface area contributed by atoms with Crippen molar-refractivity contribution in [1.29, 1.82) is 0 Å². The molecular formula is C16H20FN3O5. The number of anilines is 2. The maximum absolute atomic E-state index is 14.4. The Morgan fingerprint density at radius 2 is 2.24 bits per heavy atom. The fraction of sp³-hybridized carbons (Fsp3) is 0.500. The minimum Gasteiger partial charge on any atom is -0.627 e. The number of ether oxygens (including phenoxy) is 1. The van der Waals surface area contributed by atoms with Crippen molar-refractivity contribution in [2.45, 2.75) is 25.6 Å². The average molecular weight is 353 g/mol. The van der Waals surface area contributed by atoms with Crippen LogP contribution in [0.4, 0.5) is 20.6 Å². The summed E-state index contributed by atoms with van der Waals surface area (Å²) in [5.74, 6) is -1.08. The molecule has 2 fully saturated rings. The van der Waals surface area contributed by atoms with Crippen LogP contribution in [0, 0.1) is 11.0 Å². The van der Waals surface area contributed by atoms with Gasteiger partial charge in [0.15, 0.2) is 6.10 Å². The first kappa shape index (κ1) is 17.6. The molecule has 136 valence electrons. The largest absolute Gasteiger partial charge is 0.627 e. The van der Waals surface area contributed by atoms with E-state index in [1.807, 2.05) is 0 Å². The lowest BCUT2D eigenvalue weighted by Crippen LogP contribution is -3.10. The first-order valence-corrected chi connectivity index (χ1v) is 8.09. The molecule has 2 heterocycles. The number of aliphatic hydroxyl groups excluding tert-OH is 1. The third-order valence-corrected chi connectivity index (χ3v) is 4.43. The molecule has 9 heteroatoms. The van der Waals surface area contributed by atoms with Gasteiger partial charge in [0.1, 0.15) is 12.4 Å². The molecule has 2 N–H and O–H groups in total. The zero-order valence-corrected chi connectivity index (χ0v) is 13.8. The highest BCUT2D eigenvalue weighted by molar-refractivity contribution is 5.90. The van der Waals surface area contributed by atoms with Crippen LogP contribution in [0.3, 0.4) is 0 Å². The molecule has 2 unspecified atom stereocenters. The zero-order chi connectivity index (χ0) is 18.1. The van der Waals surface area contributed by atoms with Crippen LogP contribution in [0.15, 0.2) is 18.2 Å². The van der Waals surface area contributed by atoms with Crippen molar-refractivity contribution < 1.29 is 28.9 Å². The van der Waals surface area contributed by atoms with Crippen LogP contribution in [0.1, 0.15) is 13.3 Å². The standard InChI is InChI=1S/C16H20FN3O5/c1-10(21)20(24)9-13-8-19(16(23)25-13)11-2-3-15(14(17)6-11)18-5-4-12(22)7-18/h2-3,6,12-13,20,22H,4-5,7-9H2,1H3/t12?,13-/m0/s1. The van der Waals surface area contributed by atoms with Crippen molar-refractivity contribution in [2.24, 2.45) is 0 Å². The third kappa shape index (κ3) is 3.73. The number of carbonyl (C=O) groups excluding carboxylic acids is 2. The Morgan fingerprint density at radius 1 is 1.48 bits per heavy atom. The predicted molar refractivity (Wildman–Crippen MR) is 86.7 cm³/mol. The summed E-state index contributed by atoms with van der Waals surface area (Å²) in [5.41, 5.74) is 0.694. The molecule has 2 amide bonds. The Kier molecular flexibility index (Phi) is 4.89. The molecule has 1 aromatic rings. The Labute approximate surface area is 143 Å². The second-order valence-corrected chi connectivity index (χ2v) is 6.32. The Morgan fingerprint density at radius 3 is 2.84 bits per heavy atom. The van der Waals surface area contributed by atoms with Gasteiger partial charge in [0.05, 0.1) is 30.9 Å². The summed E-state index contributed by atoms with van der Waals surface area (Å²) in [6.07, 6.45) is -1.27. The molecule has 8 nitrogen and oxygen atoms in total. The number of hydrogen-bond donors (Lipinski definition) is 2. The van der Waals surface area contributed by atoms with Gasteiger partial charge in [-0.1, -0.05) is 0 Å². The van der Waals surface area contributed by atoms with Crippen molar-refractivity contribution in [2.75, 3.05) is 36.0 Å². The molecule has 0 spiro atoms. The zero-order valence-electron chi connectivity index (χ0n) is 13.8. The average Bonchev–Trinajstić information content (AvgIpc) is 3.13. The third-order valence-electron chi connectivity index (χ3n) is 4.43. The van der Waals surface area contributed by atoms with Crippen LogP contribution < -0.4 is 14.9 Å². The summed E-state index contributed by atoms with van der Waals surface area (Å²) in [6, 6.07) is 4.39. The highest BCUT2D eigenvalue weighted by Crippen LogP contribution is 2.29. The highest BCUT2D eigenvalue weighted by atomic mass is 19.1. The lowest BCUT2D eigenvalue weighted by atomic mass is 10.2. The predicted octanol–water partition coefficient (Wildman–Crippen LogP) is -0.349. The number of nitrogens with zero attached hydrogens (tertiary/aromatic N) is 2. The van der Waals surface area contributed by atoms with Crippen molar-refractivity contribution in [3.8, 4) is 0 Å². The molecule has 0 bridgehead atoms. The van der Waals surface area contributed by atoms with Gasteiger partial charge in [0.2, 0.25) is 0 Å². The van der Waals surface area contributed by atoms with Crippen LogP contribution >= 0.6 is 0 Å². The quantitative estimate of drug-likeness (QED) is 0.718. The van der Waals surface area contributed by atoms with Crippen LogP contribution in [0.25, 0.3) is 0 Å². The molecule has 0 aromatic heterocycles. The van der Waals surface area contributed by atoms with E-state index >= 15 is 0 Å². The SMILES string of the molecule is CC(=O)[NH+]([O-])C[C@@H]1CN(c2ccc(N3CCC(O)C3)c(F)c2)C(=O)O1. The number of amides is 2. The first-order valence-electron chi connectivity index (χ1n) is 8.09. The molecule has 1 aromatic carbocycles. The number of carbonyl (C=O) groups is 2. The van der Waals surface area contributed by atoms with Gasteiger partial charge in [-0.2, -0.15) is 0 Å². The number of β-amino-alcohol motifs (C(OH)–C–C–N with tert-alkyl or cyclic N) is 1. The Hall–Kier alpha value is -2.23. The fourth-order valence-corrected chi connectivity index (χ4v) is 3.07. The number of aliphatic hydroxyl groups is 1. The second-order valence-electron chi connectivity index (χ2n) is 6.32.